The molecule has 1 aliphatic rings. The smallest absolute Gasteiger partial charge is 0.318 e. The van der Waals surface area contributed by atoms with Crippen LogP contribution in [-0.4, -0.2) is 48.7 Å². The van der Waals surface area contributed by atoms with E-state index in [-0.39, 0.29) is 17.0 Å². The lowest BCUT2D eigenvalue weighted by atomic mass is 10.1. The molecule has 7 nitrogen and oxygen atoms in total. The number of hydrogen-bond acceptors (Lipinski definition) is 7. The Morgan fingerprint density at radius 3 is 2.70 bits per heavy atom. The zero-order valence-electron chi connectivity index (χ0n) is 12.2. The monoisotopic (exact) mass is 302 g/mol. The fraction of sp³-hybridized carbons (Fsp3) is 0.833. The highest BCUT2D eigenvalue weighted by molar-refractivity contribution is 7.91. The van der Waals surface area contributed by atoms with Crippen LogP contribution in [0.1, 0.15) is 33.1 Å². The van der Waals surface area contributed by atoms with E-state index in [1.54, 1.807) is 0 Å². The minimum atomic E-state index is -2.93. The molecule has 0 bridgehead atoms. The number of aromatic nitrogens is 2. The summed E-state index contributed by atoms with van der Waals surface area (Å²) >= 11 is 0. The molecule has 1 N–H and O–H groups in total. The normalized spacial score (nSPS) is 19.9. The first-order valence-electron chi connectivity index (χ1n) is 6.78. The van der Waals surface area contributed by atoms with Crippen molar-refractivity contribution in [3.8, 4) is 0 Å². The predicted octanol–water partition coefficient (Wildman–Crippen LogP) is 0.583. The molecule has 0 amide bonds. The second-order valence-electron chi connectivity index (χ2n) is 6.07. The molecular formula is C12H22N4O3S. The highest BCUT2D eigenvalue weighted by Crippen LogP contribution is 2.16. The SMILES string of the molecule is CC(C)(C)NCc1nnc(N2CCCS(=O)(=O)CC2)o1. The van der Waals surface area contributed by atoms with Gasteiger partial charge < -0.3 is 14.6 Å². The van der Waals surface area contributed by atoms with Crippen molar-refractivity contribution in [1.82, 2.24) is 15.5 Å². The van der Waals surface area contributed by atoms with Gasteiger partial charge in [0.05, 0.1) is 18.1 Å². The summed E-state index contributed by atoms with van der Waals surface area (Å²) in [4.78, 5) is 1.85. The third-order valence-electron chi connectivity index (χ3n) is 3.05. The van der Waals surface area contributed by atoms with Crippen LogP contribution in [0.5, 0.6) is 0 Å². The number of nitrogens with zero attached hydrogens (tertiary/aromatic N) is 3. The van der Waals surface area contributed by atoms with Gasteiger partial charge in [0.15, 0.2) is 9.84 Å². The van der Waals surface area contributed by atoms with E-state index in [1.165, 1.54) is 0 Å². The zero-order valence-corrected chi connectivity index (χ0v) is 13.0. The van der Waals surface area contributed by atoms with Crippen LogP contribution in [0, 0.1) is 0 Å². The summed E-state index contributed by atoms with van der Waals surface area (Å²) in [5, 5.41) is 11.3. The van der Waals surface area contributed by atoms with E-state index in [0.29, 0.717) is 38.0 Å². The topological polar surface area (TPSA) is 88.3 Å². The lowest BCUT2D eigenvalue weighted by Gasteiger charge is -2.19. The molecule has 1 aromatic rings. The molecule has 2 heterocycles. The van der Waals surface area contributed by atoms with Crippen LogP contribution < -0.4 is 10.2 Å². The molecule has 2 rings (SSSR count). The van der Waals surface area contributed by atoms with Gasteiger partial charge in [0.2, 0.25) is 5.89 Å². The van der Waals surface area contributed by atoms with Crippen LogP contribution in [0.15, 0.2) is 4.42 Å². The van der Waals surface area contributed by atoms with Crippen molar-refractivity contribution < 1.29 is 12.8 Å². The lowest BCUT2D eigenvalue weighted by Crippen LogP contribution is -2.35. The molecule has 0 radical (unpaired) electrons. The predicted molar refractivity (Wildman–Crippen MR) is 76.4 cm³/mol. The van der Waals surface area contributed by atoms with E-state index in [9.17, 15) is 8.42 Å². The van der Waals surface area contributed by atoms with Gasteiger partial charge >= 0.3 is 6.01 Å². The van der Waals surface area contributed by atoms with Crippen molar-refractivity contribution in [1.29, 1.82) is 0 Å². The lowest BCUT2D eigenvalue weighted by molar-refractivity contribution is 0.380. The maximum Gasteiger partial charge on any atom is 0.318 e. The van der Waals surface area contributed by atoms with Gasteiger partial charge in [-0.3, -0.25) is 0 Å². The summed E-state index contributed by atoms with van der Waals surface area (Å²) in [6.07, 6.45) is 0.598. The molecule has 114 valence electrons. The molecule has 1 aromatic heterocycles. The van der Waals surface area contributed by atoms with Crippen LogP contribution >= 0.6 is 0 Å². The number of sulfone groups is 1. The van der Waals surface area contributed by atoms with Gasteiger partial charge in [-0.1, -0.05) is 5.10 Å². The molecule has 0 aromatic carbocycles. The Kier molecular flexibility index (Phi) is 4.33. The fourth-order valence-corrected chi connectivity index (χ4v) is 3.19. The minimum Gasteiger partial charge on any atom is -0.407 e. The molecule has 0 atom stereocenters. The average Bonchev–Trinajstić information content (AvgIpc) is 2.71. The summed E-state index contributed by atoms with van der Waals surface area (Å²) in [5.41, 5.74) is -0.0225. The Balaban J connectivity index is 1.98. The molecule has 0 aliphatic carbocycles. The summed E-state index contributed by atoms with van der Waals surface area (Å²) in [5.74, 6) is 0.892. The quantitative estimate of drug-likeness (QED) is 0.873. The highest BCUT2D eigenvalue weighted by atomic mass is 32.2. The maximum absolute atomic E-state index is 11.6. The van der Waals surface area contributed by atoms with E-state index in [1.807, 2.05) is 4.90 Å². The largest absolute Gasteiger partial charge is 0.407 e. The fourth-order valence-electron chi connectivity index (χ4n) is 1.91. The van der Waals surface area contributed by atoms with Crippen molar-refractivity contribution in [2.45, 2.75) is 39.3 Å². The van der Waals surface area contributed by atoms with E-state index < -0.39 is 9.84 Å². The van der Waals surface area contributed by atoms with Gasteiger partial charge in [0.1, 0.15) is 0 Å². The summed E-state index contributed by atoms with van der Waals surface area (Å²) in [6.45, 7) is 7.73. The molecule has 1 saturated heterocycles. The van der Waals surface area contributed by atoms with Crippen LogP contribution in [0.4, 0.5) is 6.01 Å². The molecule has 0 spiro atoms. The Morgan fingerprint density at radius 1 is 1.25 bits per heavy atom. The van der Waals surface area contributed by atoms with E-state index in [2.05, 4.69) is 36.3 Å². The first-order chi connectivity index (χ1) is 9.25. The summed E-state index contributed by atoms with van der Waals surface area (Å²) in [6, 6.07) is 0.410. The average molecular weight is 302 g/mol. The van der Waals surface area contributed by atoms with Gasteiger partial charge in [-0.25, -0.2) is 8.42 Å². The number of nitrogens with one attached hydrogen (secondary N) is 1. The van der Waals surface area contributed by atoms with Crippen LogP contribution in [0.2, 0.25) is 0 Å². The van der Waals surface area contributed by atoms with Crippen LogP contribution in [-0.2, 0) is 16.4 Å². The van der Waals surface area contributed by atoms with Gasteiger partial charge in [-0.15, -0.1) is 5.10 Å². The maximum atomic E-state index is 11.6. The Morgan fingerprint density at radius 2 is 2.00 bits per heavy atom. The van der Waals surface area contributed by atoms with Gasteiger partial charge in [-0.2, -0.15) is 0 Å². The molecule has 0 saturated carbocycles. The van der Waals surface area contributed by atoms with Gasteiger partial charge in [0, 0.05) is 18.6 Å². The molecule has 1 aliphatic heterocycles. The van der Waals surface area contributed by atoms with Crippen molar-refractivity contribution in [3.05, 3.63) is 5.89 Å². The first-order valence-corrected chi connectivity index (χ1v) is 8.60. The molecule has 8 heteroatoms. The molecule has 1 fully saturated rings. The highest BCUT2D eigenvalue weighted by Gasteiger charge is 2.22. The third-order valence-corrected chi connectivity index (χ3v) is 4.77. The van der Waals surface area contributed by atoms with Crippen molar-refractivity contribution in [3.63, 3.8) is 0 Å². The van der Waals surface area contributed by atoms with E-state index >= 15 is 0 Å². The minimum absolute atomic E-state index is 0.0225. The summed E-state index contributed by atoms with van der Waals surface area (Å²) < 4.78 is 28.7. The molecule has 20 heavy (non-hydrogen) atoms. The Labute approximate surface area is 119 Å². The number of anilines is 1. The van der Waals surface area contributed by atoms with Gasteiger partial charge in [-0.05, 0) is 27.2 Å². The van der Waals surface area contributed by atoms with Crippen LogP contribution in [0.25, 0.3) is 0 Å². The Hall–Kier alpha value is -1.15. The zero-order chi connectivity index (χ0) is 14.8. The molecular weight excluding hydrogens is 280 g/mol. The van der Waals surface area contributed by atoms with E-state index in [0.717, 1.165) is 0 Å². The number of rotatable bonds is 3. The van der Waals surface area contributed by atoms with Gasteiger partial charge in [0.25, 0.3) is 0 Å². The first kappa shape index (κ1) is 15.2. The standard InChI is InChI=1S/C12H22N4O3S/c1-12(2,3)13-9-10-14-15-11(19-10)16-5-4-7-20(17,18)8-6-16/h13H,4-9H2,1-3H3. The van der Waals surface area contributed by atoms with Crippen molar-refractivity contribution in [2.24, 2.45) is 0 Å². The second-order valence-corrected chi connectivity index (χ2v) is 8.38. The van der Waals surface area contributed by atoms with Crippen LogP contribution in [0.3, 0.4) is 0 Å². The second kappa shape index (κ2) is 5.69. The Bertz CT molecular complexity index is 547. The van der Waals surface area contributed by atoms with Crippen molar-refractivity contribution >= 4 is 15.9 Å². The molecule has 0 unspecified atom stereocenters. The van der Waals surface area contributed by atoms with Crippen molar-refractivity contribution in [2.75, 3.05) is 29.5 Å². The summed E-state index contributed by atoms with van der Waals surface area (Å²) in [7, 11) is -2.93. The van der Waals surface area contributed by atoms with E-state index in [4.69, 9.17) is 4.42 Å². The number of hydrogen-bond donors (Lipinski definition) is 1. The third kappa shape index (κ3) is 4.45.